The van der Waals surface area contributed by atoms with Crippen LogP contribution in [0.5, 0.6) is 0 Å². The molecule has 0 radical (unpaired) electrons. The standard InChI is InChI=1S/C15H16BrClN2/c1-19(9-6-12-4-7-18-8-5-12)15-3-2-14(17)10-13(15)11-16/h2-5,7-8,10H,6,9,11H2,1H3. The van der Waals surface area contributed by atoms with Gasteiger partial charge < -0.3 is 4.90 Å². The van der Waals surface area contributed by atoms with Crippen LogP contribution in [0.4, 0.5) is 5.69 Å². The van der Waals surface area contributed by atoms with Gasteiger partial charge in [0.2, 0.25) is 0 Å². The number of alkyl halides is 1. The van der Waals surface area contributed by atoms with Crippen molar-refractivity contribution in [2.45, 2.75) is 11.8 Å². The van der Waals surface area contributed by atoms with Crippen LogP contribution >= 0.6 is 27.5 Å². The van der Waals surface area contributed by atoms with Gasteiger partial charge in [0.1, 0.15) is 0 Å². The third-order valence-electron chi connectivity index (χ3n) is 3.08. The summed E-state index contributed by atoms with van der Waals surface area (Å²) in [5.74, 6) is 0. The lowest BCUT2D eigenvalue weighted by atomic mass is 10.1. The molecular weight excluding hydrogens is 324 g/mol. The summed E-state index contributed by atoms with van der Waals surface area (Å²) in [7, 11) is 2.11. The number of rotatable bonds is 5. The Hall–Kier alpha value is -1.06. The molecule has 0 aliphatic rings. The van der Waals surface area contributed by atoms with Gasteiger partial charge >= 0.3 is 0 Å². The lowest BCUT2D eigenvalue weighted by molar-refractivity contribution is 0.871. The summed E-state index contributed by atoms with van der Waals surface area (Å²) in [4.78, 5) is 6.29. The molecule has 0 N–H and O–H groups in total. The minimum absolute atomic E-state index is 0.778. The van der Waals surface area contributed by atoms with Crippen LogP contribution in [0, 0.1) is 0 Å². The molecule has 19 heavy (non-hydrogen) atoms. The first-order valence-electron chi connectivity index (χ1n) is 6.15. The third-order valence-corrected chi connectivity index (χ3v) is 3.92. The molecule has 0 spiro atoms. The Bertz CT molecular complexity index is 531. The van der Waals surface area contributed by atoms with E-state index in [1.807, 2.05) is 24.5 Å². The number of likely N-dealkylation sites (N-methyl/N-ethyl adjacent to an activating group) is 1. The van der Waals surface area contributed by atoms with Gasteiger partial charge in [-0.15, -0.1) is 0 Å². The molecule has 2 rings (SSSR count). The van der Waals surface area contributed by atoms with Gasteiger partial charge in [0.15, 0.2) is 0 Å². The van der Waals surface area contributed by atoms with Crippen molar-refractivity contribution in [3.8, 4) is 0 Å². The molecule has 1 aromatic heterocycles. The fourth-order valence-corrected chi connectivity index (χ4v) is 2.64. The molecule has 0 fully saturated rings. The second kappa shape index (κ2) is 6.92. The number of pyridine rings is 1. The molecular formula is C15H16BrClN2. The molecule has 0 aliphatic heterocycles. The average molecular weight is 340 g/mol. The monoisotopic (exact) mass is 338 g/mol. The quantitative estimate of drug-likeness (QED) is 0.755. The second-order valence-corrected chi connectivity index (χ2v) is 5.43. The second-order valence-electron chi connectivity index (χ2n) is 4.43. The molecule has 0 unspecified atom stereocenters. The summed E-state index contributed by atoms with van der Waals surface area (Å²) < 4.78 is 0. The average Bonchev–Trinajstić information content (AvgIpc) is 2.45. The van der Waals surface area contributed by atoms with Crippen molar-refractivity contribution in [3.05, 3.63) is 58.9 Å². The molecule has 0 saturated carbocycles. The first-order chi connectivity index (χ1) is 9.20. The van der Waals surface area contributed by atoms with Crippen molar-refractivity contribution in [1.29, 1.82) is 0 Å². The molecule has 2 nitrogen and oxygen atoms in total. The Morgan fingerprint density at radius 2 is 1.95 bits per heavy atom. The molecule has 0 atom stereocenters. The fraction of sp³-hybridized carbons (Fsp3) is 0.267. The van der Waals surface area contributed by atoms with Crippen LogP contribution in [0.3, 0.4) is 0 Å². The first-order valence-corrected chi connectivity index (χ1v) is 7.65. The van der Waals surface area contributed by atoms with Gasteiger partial charge in [0.25, 0.3) is 0 Å². The van der Waals surface area contributed by atoms with Crippen LogP contribution in [0.1, 0.15) is 11.1 Å². The van der Waals surface area contributed by atoms with Crippen molar-refractivity contribution in [2.75, 3.05) is 18.5 Å². The summed E-state index contributed by atoms with van der Waals surface area (Å²) in [6, 6.07) is 10.1. The number of halogens is 2. The molecule has 0 amide bonds. The largest absolute Gasteiger partial charge is 0.374 e. The van der Waals surface area contributed by atoms with E-state index in [-0.39, 0.29) is 0 Å². The van der Waals surface area contributed by atoms with Crippen LogP contribution in [-0.2, 0) is 11.8 Å². The topological polar surface area (TPSA) is 16.1 Å². The molecule has 0 aliphatic carbocycles. The van der Waals surface area contributed by atoms with Crippen molar-refractivity contribution in [3.63, 3.8) is 0 Å². The highest BCUT2D eigenvalue weighted by Crippen LogP contribution is 2.25. The van der Waals surface area contributed by atoms with Crippen molar-refractivity contribution < 1.29 is 0 Å². The molecule has 2 aromatic rings. The summed E-state index contributed by atoms with van der Waals surface area (Å²) in [6.45, 7) is 0.964. The van der Waals surface area contributed by atoms with Gasteiger partial charge in [-0.25, -0.2) is 0 Å². The number of hydrogen-bond acceptors (Lipinski definition) is 2. The molecule has 1 heterocycles. The highest BCUT2D eigenvalue weighted by atomic mass is 79.9. The lowest BCUT2D eigenvalue weighted by Crippen LogP contribution is -2.21. The SMILES string of the molecule is CN(CCc1ccncc1)c1ccc(Cl)cc1CBr. The Morgan fingerprint density at radius 1 is 1.21 bits per heavy atom. The van der Waals surface area contributed by atoms with E-state index in [4.69, 9.17) is 11.6 Å². The van der Waals surface area contributed by atoms with Gasteiger partial charge in [-0.3, -0.25) is 4.98 Å². The maximum absolute atomic E-state index is 6.03. The summed E-state index contributed by atoms with van der Waals surface area (Å²) in [5, 5.41) is 1.59. The molecule has 4 heteroatoms. The predicted molar refractivity (Wildman–Crippen MR) is 85.3 cm³/mol. The van der Waals surface area contributed by atoms with E-state index in [0.717, 1.165) is 23.3 Å². The van der Waals surface area contributed by atoms with E-state index in [9.17, 15) is 0 Å². The lowest BCUT2D eigenvalue weighted by Gasteiger charge is -2.22. The van der Waals surface area contributed by atoms with E-state index < -0.39 is 0 Å². The minimum Gasteiger partial charge on any atom is -0.374 e. The highest BCUT2D eigenvalue weighted by molar-refractivity contribution is 9.08. The fourth-order valence-electron chi connectivity index (χ4n) is 2.00. The predicted octanol–water partition coefficient (Wildman–Crippen LogP) is 4.31. The van der Waals surface area contributed by atoms with Crippen LogP contribution in [0.2, 0.25) is 5.02 Å². The van der Waals surface area contributed by atoms with Crippen LogP contribution in [-0.4, -0.2) is 18.6 Å². The van der Waals surface area contributed by atoms with Crippen molar-refractivity contribution in [2.24, 2.45) is 0 Å². The zero-order valence-corrected chi connectivity index (χ0v) is 13.2. The third kappa shape index (κ3) is 3.95. The van der Waals surface area contributed by atoms with E-state index in [2.05, 4.69) is 51.1 Å². The molecule has 0 saturated heterocycles. The Morgan fingerprint density at radius 3 is 2.63 bits per heavy atom. The van der Waals surface area contributed by atoms with E-state index in [0.29, 0.717) is 0 Å². The Labute approximate surface area is 127 Å². The van der Waals surface area contributed by atoms with Gasteiger partial charge in [-0.05, 0) is 47.9 Å². The number of benzene rings is 1. The van der Waals surface area contributed by atoms with Gasteiger partial charge in [-0.2, -0.15) is 0 Å². The van der Waals surface area contributed by atoms with Gasteiger partial charge in [-0.1, -0.05) is 27.5 Å². The zero-order valence-electron chi connectivity index (χ0n) is 10.8. The highest BCUT2D eigenvalue weighted by Gasteiger charge is 2.07. The van der Waals surface area contributed by atoms with Crippen molar-refractivity contribution in [1.82, 2.24) is 4.98 Å². The number of anilines is 1. The smallest absolute Gasteiger partial charge is 0.0410 e. The van der Waals surface area contributed by atoms with Crippen LogP contribution in [0.15, 0.2) is 42.7 Å². The zero-order chi connectivity index (χ0) is 13.7. The normalized spacial score (nSPS) is 10.5. The Balaban J connectivity index is 2.05. The number of aromatic nitrogens is 1. The number of hydrogen-bond donors (Lipinski definition) is 0. The van der Waals surface area contributed by atoms with Crippen LogP contribution < -0.4 is 4.90 Å². The van der Waals surface area contributed by atoms with E-state index in [1.165, 1.54) is 16.8 Å². The maximum atomic E-state index is 6.03. The summed E-state index contributed by atoms with van der Waals surface area (Å²) >= 11 is 9.54. The van der Waals surface area contributed by atoms with E-state index >= 15 is 0 Å². The van der Waals surface area contributed by atoms with Gasteiger partial charge in [0, 0.05) is 42.0 Å². The van der Waals surface area contributed by atoms with Crippen molar-refractivity contribution >= 4 is 33.2 Å². The maximum Gasteiger partial charge on any atom is 0.0410 e. The first kappa shape index (κ1) is 14.4. The van der Waals surface area contributed by atoms with E-state index in [1.54, 1.807) is 0 Å². The minimum atomic E-state index is 0.778. The number of nitrogens with zero attached hydrogens (tertiary/aromatic N) is 2. The molecule has 0 bridgehead atoms. The Kier molecular flexibility index (Phi) is 5.23. The molecule has 100 valence electrons. The van der Waals surface area contributed by atoms with Gasteiger partial charge in [0.05, 0.1) is 0 Å². The van der Waals surface area contributed by atoms with Crippen LogP contribution in [0.25, 0.3) is 0 Å². The summed E-state index contributed by atoms with van der Waals surface area (Å²) in [5.41, 5.74) is 3.73. The summed E-state index contributed by atoms with van der Waals surface area (Å²) in [6.07, 6.45) is 4.67. The molecule has 1 aromatic carbocycles.